The lowest BCUT2D eigenvalue weighted by molar-refractivity contribution is -0.137. The van der Waals surface area contributed by atoms with Gasteiger partial charge in [-0.1, -0.05) is 6.92 Å². The van der Waals surface area contributed by atoms with E-state index in [1.165, 1.54) is 0 Å². The summed E-state index contributed by atoms with van der Waals surface area (Å²) in [6.45, 7) is 5.25. The van der Waals surface area contributed by atoms with Crippen LogP contribution in [0.4, 0.5) is 20.5 Å². The Balaban J connectivity index is 1.62. The number of hydrogen-bond acceptors (Lipinski definition) is 6. The predicted octanol–water partition coefficient (Wildman–Crippen LogP) is 1.70. The summed E-state index contributed by atoms with van der Waals surface area (Å²) in [5, 5.41) is 18.7. The molecule has 1 aliphatic carbocycles. The Kier molecular flexibility index (Phi) is 4.44. The number of nitrogens with zero attached hydrogens (tertiary/aromatic N) is 4. The summed E-state index contributed by atoms with van der Waals surface area (Å²) >= 11 is 0. The zero-order chi connectivity index (χ0) is 19.5. The van der Waals surface area contributed by atoms with Crippen molar-refractivity contribution in [2.75, 3.05) is 29.4 Å². The number of carboxylic acid groups (broad SMARTS) is 1. The second-order valence-electron chi connectivity index (χ2n) is 7.82. The highest BCUT2D eigenvalue weighted by molar-refractivity contribution is 5.68. The van der Waals surface area contributed by atoms with Gasteiger partial charge in [0.2, 0.25) is 5.95 Å². The largest absolute Gasteiger partial charge is 0.481 e. The van der Waals surface area contributed by atoms with E-state index in [0.717, 1.165) is 0 Å². The molecule has 2 N–H and O–H groups in total. The Bertz CT molecular complexity index is 750. The molecule has 3 aliphatic rings. The Morgan fingerprint density at radius 2 is 1.93 bits per heavy atom. The maximum Gasteiger partial charge on any atom is 0.303 e. The van der Waals surface area contributed by atoms with Crippen LogP contribution in [0.1, 0.15) is 38.0 Å². The van der Waals surface area contributed by atoms with Crippen LogP contribution in [-0.2, 0) is 11.2 Å². The molecular weight excluding hydrogens is 358 g/mol. The number of alkyl halides is 2. The van der Waals surface area contributed by atoms with Gasteiger partial charge >= 0.3 is 5.97 Å². The van der Waals surface area contributed by atoms with Crippen molar-refractivity contribution in [3.63, 3.8) is 0 Å². The van der Waals surface area contributed by atoms with Gasteiger partial charge in [-0.05, 0) is 31.1 Å². The van der Waals surface area contributed by atoms with Gasteiger partial charge in [-0.3, -0.25) is 4.79 Å². The molecule has 1 saturated carbocycles. The fraction of sp³-hybridized carbons (Fsp3) is 0.722. The molecule has 3 fully saturated rings. The van der Waals surface area contributed by atoms with Crippen molar-refractivity contribution < 1.29 is 23.8 Å². The van der Waals surface area contributed by atoms with Gasteiger partial charge in [0.1, 0.15) is 11.5 Å². The monoisotopic (exact) mass is 382 g/mol. The van der Waals surface area contributed by atoms with Crippen molar-refractivity contribution in [3.05, 3.63) is 11.3 Å². The molecular formula is C18H24F2N4O3. The molecule has 2 saturated heterocycles. The Morgan fingerprint density at radius 1 is 1.26 bits per heavy atom. The number of carbonyl (C=O) groups is 1. The predicted molar refractivity (Wildman–Crippen MR) is 94.1 cm³/mol. The minimum Gasteiger partial charge on any atom is -0.481 e. The summed E-state index contributed by atoms with van der Waals surface area (Å²) < 4.78 is 27.3. The standard InChI is InChI=1S/C18H24F2N4O3/c1-3-9-15(16(19)20)21-18(24-7-13(25)8(24)2)22-17(9)23-5-11-10(4-14(26)27)12(11)6-23/h8,10-13,16,25H,3-7H2,1-2H3,(H,26,27)/t8-,10-,11-,12+,13+/m0/s1. The van der Waals surface area contributed by atoms with Crippen LogP contribution in [0.5, 0.6) is 0 Å². The molecule has 5 atom stereocenters. The number of fused-ring (bicyclic) bond motifs is 1. The number of carboxylic acids is 1. The maximum atomic E-state index is 13.7. The van der Waals surface area contributed by atoms with Crippen LogP contribution in [0.2, 0.25) is 0 Å². The Morgan fingerprint density at radius 3 is 2.41 bits per heavy atom. The van der Waals surface area contributed by atoms with E-state index in [9.17, 15) is 18.7 Å². The topological polar surface area (TPSA) is 89.8 Å². The molecule has 27 heavy (non-hydrogen) atoms. The van der Waals surface area contributed by atoms with Gasteiger partial charge < -0.3 is 20.0 Å². The van der Waals surface area contributed by atoms with E-state index >= 15 is 0 Å². The van der Waals surface area contributed by atoms with Crippen LogP contribution in [0.25, 0.3) is 0 Å². The normalized spacial score (nSPS) is 31.9. The molecule has 0 spiro atoms. The molecule has 0 radical (unpaired) electrons. The van der Waals surface area contributed by atoms with E-state index in [-0.39, 0.29) is 30.0 Å². The second-order valence-corrected chi connectivity index (χ2v) is 7.82. The average molecular weight is 382 g/mol. The lowest BCUT2D eigenvalue weighted by Crippen LogP contribution is -2.59. The summed E-state index contributed by atoms with van der Waals surface area (Å²) in [6, 6.07) is -0.206. The van der Waals surface area contributed by atoms with E-state index in [4.69, 9.17) is 5.11 Å². The number of β-amino-alcohol motifs (C(OH)–C–C–N with tert-alkyl or cyclic N) is 1. The summed E-state index contributed by atoms with van der Waals surface area (Å²) in [7, 11) is 0. The van der Waals surface area contributed by atoms with Gasteiger partial charge in [0.05, 0.1) is 12.1 Å². The second kappa shape index (κ2) is 6.54. The first kappa shape index (κ1) is 18.3. The summed E-state index contributed by atoms with van der Waals surface area (Å²) in [5.41, 5.74) is 0.215. The van der Waals surface area contributed by atoms with Gasteiger partial charge in [0.15, 0.2) is 0 Å². The Labute approximate surface area is 156 Å². The lowest BCUT2D eigenvalue weighted by Gasteiger charge is -2.43. The highest BCUT2D eigenvalue weighted by Crippen LogP contribution is 2.54. The van der Waals surface area contributed by atoms with Crippen molar-refractivity contribution >= 4 is 17.7 Å². The van der Waals surface area contributed by atoms with Gasteiger partial charge in [-0.15, -0.1) is 0 Å². The molecule has 1 aromatic rings. The smallest absolute Gasteiger partial charge is 0.303 e. The number of hydrogen-bond donors (Lipinski definition) is 2. The third kappa shape index (κ3) is 3.01. The molecule has 1 aromatic heterocycles. The summed E-state index contributed by atoms with van der Waals surface area (Å²) in [6.07, 6.45) is -2.63. The van der Waals surface area contributed by atoms with Gasteiger partial charge in [0, 0.05) is 31.6 Å². The Hall–Kier alpha value is -2.03. The number of aliphatic hydroxyl groups is 1. The SMILES string of the molecule is CCc1c(C(F)F)nc(N2C[C@@H](O)[C@@H]2C)nc1N1C[C@@H]2[C@@H](CC(=O)O)[C@@H]2C1. The molecule has 0 bridgehead atoms. The first-order valence-electron chi connectivity index (χ1n) is 9.42. The first-order valence-corrected chi connectivity index (χ1v) is 9.42. The minimum atomic E-state index is -2.70. The quantitative estimate of drug-likeness (QED) is 0.774. The summed E-state index contributed by atoms with van der Waals surface area (Å²) in [4.78, 5) is 23.4. The van der Waals surface area contributed by atoms with Crippen LogP contribution < -0.4 is 9.80 Å². The number of aromatic nitrogens is 2. The zero-order valence-electron chi connectivity index (χ0n) is 15.3. The van der Waals surface area contributed by atoms with E-state index in [2.05, 4.69) is 9.97 Å². The molecule has 0 amide bonds. The molecule has 148 valence electrons. The minimum absolute atomic E-state index is 0.171. The first-order chi connectivity index (χ1) is 12.8. The van der Waals surface area contributed by atoms with Crippen LogP contribution >= 0.6 is 0 Å². The fourth-order valence-corrected chi connectivity index (χ4v) is 4.57. The highest BCUT2D eigenvalue weighted by atomic mass is 19.3. The van der Waals surface area contributed by atoms with Crippen LogP contribution in [-0.4, -0.2) is 57.9 Å². The van der Waals surface area contributed by atoms with Crippen LogP contribution in [0, 0.1) is 17.8 Å². The van der Waals surface area contributed by atoms with Gasteiger partial charge in [-0.2, -0.15) is 4.98 Å². The number of piperidine rings is 1. The molecule has 7 nitrogen and oxygen atoms in total. The molecule has 3 heterocycles. The molecule has 0 aromatic carbocycles. The summed E-state index contributed by atoms with van der Waals surface area (Å²) in [5.74, 6) is 0.758. The fourth-order valence-electron chi connectivity index (χ4n) is 4.57. The van der Waals surface area contributed by atoms with E-state index in [0.29, 0.717) is 49.3 Å². The third-order valence-corrected chi connectivity index (χ3v) is 6.34. The zero-order valence-corrected chi connectivity index (χ0v) is 15.3. The van der Waals surface area contributed by atoms with Crippen LogP contribution in [0.15, 0.2) is 0 Å². The van der Waals surface area contributed by atoms with Crippen molar-refractivity contribution in [3.8, 4) is 0 Å². The molecule has 2 aliphatic heterocycles. The molecule has 4 rings (SSSR count). The van der Waals surface area contributed by atoms with E-state index < -0.39 is 18.5 Å². The maximum absolute atomic E-state index is 13.7. The number of anilines is 2. The molecule has 0 unspecified atom stereocenters. The van der Waals surface area contributed by atoms with Crippen molar-refractivity contribution in [2.24, 2.45) is 17.8 Å². The van der Waals surface area contributed by atoms with Crippen molar-refractivity contribution in [1.82, 2.24) is 9.97 Å². The number of rotatable bonds is 6. The third-order valence-electron chi connectivity index (χ3n) is 6.34. The van der Waals surface area contributed by atoms with E-state index in [1.807, 2.05) is 18.7 Å². The van der Waals surface area contributed by atoms with Crippen molar-refractivity contribution in [2.45, 2.75) is 45.3 Å². The van der Waals surface area contributed by atoms with Crippen molar-refractivity contribution in [1.29, 1.82) is 0 Å². The van der Waals surface area contributed by atoms with Gasteiger partial charge in [0.25, 0.3) is 6.43 Å². The number of aliphatic hydroxyl groups excluding tert-OH is 1. The number of halogens is 2. The lowest BCUT2D eigenvalue weighted by atomic mass is 10.0. The highest BCUT2D eigenvalue weighted by Gasteiger charge is 2.56. The van der Waals surface area contributed by atoms with Gasteiger partial charge in [-0.25, -0.2) is 13.8 Å². The average Bonchev–Trinajstić information content (AvgIpc) is 3.06. The molecule has 9 heteroatoms. The van der Waals surface area contributed by atoms with Crippen LogP contribution in [0.3, 0.4) is 0 Å². The number of aliphatic carboxylic acids is 1. The van der Waals surface area contributed by atoms with E-state index in [1.54, 1.807) is 4.90 Å².